The number of hydrogen-bond acceptors (Lipinski definition) is 6. The lowest BCUT2D eigenvalue weighted by Gasteiger charge is -2.28. The molecule has 0 bridgehead atoms. The lowest BCUT2D eigenvalue weighted by molar-refractivity contribution is -0.742. The summed E-state index contributed by atoms with van der Waals surface area (Å²) in [4.78, 5) is 16.7. The van der Waals surface area contributed by atoms with Gasteiger partial charge in [-0.25, -0.2) is 0 Å². The van der Waals surface area contributed by atoms with E-state index in [2.05, 4.69) is 0 Å². The van der Waals surface area contributed by atoms with E-state index in [1.54, 1.807) is 0 Å². The molecule has 0 spiro atoms. The molecular weight excluding hydrogens is 252 g/mol. The standard InChI is InChI=1S/C8H16O2.2HNO3/c9-5-7-3-1-2-4-8(7)6-10;2*2-1(3)4/h7-10H,1-6H2;2*(H,2,3,4)/t7-,8-;;/m0../s1. The van der Waals surface area contributed by atoms with E-state index < -0.39 is 10.2 Å². The summed E-state index contributed by atoms with van der Waals surface area (Å²) in [6.07, 6.45) is 4.65. The van der Waals surface area contributed by atoms with Crippen LogP contribution in [0, 0.1) is 32.1 Å². The first-order chi connectivity index (χ1) is 8.34. The fourth-order valence-electron chi connectivity index (χ4n) is 1.77. The van der Waals surface area contributed by atoms with E-state index in [1.165, 1.54) is 12.8 Å². The third-order valence-electron chi connectivity index (χ3n) is 2.54. The highest BCUT2D eigenvalue weighted by molar-refractivity contribution is 4.73. The van der Waals surface area contributed by atoms with Gasteiger partial charge in [0.15, 0.2) is 0 Å². The Kier molecular flexibility index (Phi) is 12.2. The van der Waals surface area contributed by atoms with Gasteiger partial charge in [0.05, 0.1) is 0 Å². The molecule has 0 saturated heterocycles. The van der Waals surface area contributed by atoms with Crippen LogP contribution in [-0.4, -0.2) is 44.0 Å². The van der Waals surface area contributed by atoms with E-state index in [-0.39, 0.29) is 13.2 Å². The molecule has 10 heteroatoms. The van der Waals surface area contributed by atoms with E-state index in [0.717, 1.165) is 12.8 Å². The molecule has 18 heavy (non-hydrogen) atoms. The van der Waals surface area contributed by atoms with Gasteiger partial charge in [-0.2, -0.15) is 0 Å². The Hall–Kier alpha value is -1.68. The highest BCUT2D eigenvalue weighted by Crippen LogP contribution is 2.28. The van der Waals surface area contributed by atoms with Crippen LogP contribution in [0.15, 0.2) is 0 Å². The maximum absolute atomic E-state index is 8.88. The van der Waals surface area contributed by atoms with Crippen LogP contribution >= 0.6 is 0 Å². The van der Waals surface area contributed by atoms with Crippen LogP contribution in [-0.2, 0) is 0 Å². The number of hydrogen-bond donors (Lipinski definition) is 4. The summed E-state index contributed by atoms with van der Waals surface area (Å²) in [5.41, 5.74) is 0. The van der Waals surface area contributed by atoms with Crippen molar-refractivity contribution in [1.82, 2.24) is 0 Å². The number of nitrogens with zero attached hydrogens (tertiary/aromatic N) is 2. The van der Waals surface area contributed by atoms with Crippen molar-refractivity contribution in [3.8, 4) is 0 Å². The number of aliphatic hydroxyl groups excluding tert-OH is 2. The van der Waals surface area contributed by atoms with Gasteiger partial charge in [0.1, 0.15) is 0 Å². The van der Waals surface area contributed by atoms with Crippen molar-refractivity contribution in [2.24, 2.45) is 11.8 Å². The summed E-state index contributed by atoms with van der Waals surface area (Å²) in [6.45, 7) is 0.510. The quantitative estimate of drug-likeness (QED) is 0.404. The predicted molar refractivity (Wildman–Crippen MR) is 57.2 cm³/mol. The molecule has 0 aromatic carbocycles. The van der Waals surface area contributed by atoms with Crippen molar-refractivity contribution in [2.75, 3.05) is 13.2 Å². The monoisotopic (exact) mass is 270 g/mol. The second-order valence-corrected chi connectivity index (χ2v) is 3.65. The van der Waals surface area contributed by atoms with Crippen molar-refractivity contribution in [3.05, 3.63) is 20.2 Å². The summed E-state index contributed by atoms with van der Waals surface area (Å²) >= 11 is 0. The molecule has 0 radical (unpaired) electrons. The maximum Gasteiger partial charge on any atom is 0.291 e. The minimum absolute atomic E-state index is 0.255. The highest BCUT2D eigenvalue weighted by atomic mass is 16.9. The molecule has 1 aliphatic carbocycles. The number of aliphatic hydroxyl groups is 2. The second kappa shape index (κ2) is 11.8. The van der Waals surface area contributed by atoms with Crippen molar-refractivity contribution >= 4 is 0 Å². The summed E-state index contributed by atoms with van der Waals surface area (Å²) < 4.78 is 0. The summed E-state index contributed by atoms with van der Waals surface area (Å²) in [7, 11) is 0. The Bertz CT molecular complexity index is 205. The average molecular weight is 270 g/mol. The molecule has 4 N–H and O–H groups in total. The van der Waals surface area contributed by atoms with Crippen LogP contribution in [0.4, 0.5) is 0 Å². The molecule has 0 aliphatic heterocycles. The van der Waals surface area contributed by atoms with E-state index >= 15 is 0 Å². The molecule has 1 aliphatic rings. The van der Waals surface area contributed by atoms with Gasteiger partial charge in [-0.3, -0.25) is 0 Å². The first-order valence-corrected chi connectivity index (χ1v) is 5.23. The molecule has 1 fully saturated rings. The van der Waals surface area contributed by atoms with Gasteiger partial charge in [-0.1, -0.05) is 12.8 Å². The Morgan fingerprint density at radius 3 is 1.28 bits per heavy atom. The molecule has 0 aromatic rings. The van der Waals surface area contributed by atoms with Gasteiger partial charge >= 0.3 is 0 Å². The molecule has 1 saturated carbocycles. The third-order valence-corrected chi connectivity index (χ3v) is 2.54. The average Bonchev–Trinajstić information content (AvgIpc) is 2.27. The van der Waals surface area contributed by atoms with Crippen molar-refractivity contribution in [2.45, 2.75) is 25.7 Å². The largest absolute Gasteiger partial charge is 0.396 e. The molecule has 108 valence electrons. The Labute approximate surface area is 103 Å². The zero-order valence-electron chi connectivity index (χ0n) is 9.71. The minimum atomic E-state index is -1.50. The van der Waals surface area contributed by atoms with Crippen LogP contribution < -0.4 is 0 Å². The SMILES string of the molecule is O=[N+]([O-])O.O=[N+]([O-])O.OC[C@@H]1CCCC[C@H]1CO. The normalized spacial score (nSPS) is 21.7. The summed E-state index contributed by atoms with van der Waals surface area (Å²) in [5.74, 6) is 0.748. The molecule has 10 nitrogen and oxygen atoms in total. The van der Waals surface area contributed by atoms with Crippen LogP contribution in [0.5, 0.6) is 0 Å². The minimum Gasteiger partial charge on any atom is -0.396 e. The van der Waals surface area contributed by atoms with E-state index in [1.807, 2.05) is 0 Å². The van der Waals surface area contributed by atoms with Gasteiger partial charge in [0.2, 0.25) is 0 Å². The zero-order valence-corrected chi connectivity index (χ0v) is 9.71. The molecule has 0 amide bonds. The fraction of sp³-hybridized carbons (Fsp3) is 1.00. The lowest BCUT2D eigenvalue weighted by atomic mass is 9.80. The third kappa shape index (κ3) is 14.3. The van der Waals surface area contributed by atoms with Gasteiger partial charge in [0, 0.05) is 13.2 Å². The Balaban J connectivity index is 0. The Morgan fingerprint density at radius 1 is 0.889 bits per heavy atom. The van der Waals surface area contributed by atoms with Crippen molar-refractivity contribution < 1.29 is 30.8 Å². The van der Waals surface area contributed by atoms with Crippen LogP contribution in [0.25, 0.3) is 0 Å². The van der Waals surface area contributed by atoms with Gasteiger partial charge in [-0.15, -0.1) is 20.2 Å². The number of rotatable bonds is 2. The van der Waals surface area contributed by atoms with Crippen molar-refractivity contribution in [3.63, 3.8) is 0 Å². The molecule has 0 aromatic heterocycles. The molecule has 0 unspecified atom stereocenters. The smallest absolute Gasteiger partial charge is 0.291 e. The van der Waals surface area contributed by atoms with Gasteiger partial charge in [0.25, 0.3) is 10.2 Å². The summed E-state index contributed by atoms with van der Waals surface area (Å²) in [6, 6.07) is 0. The fourth-order valence-corrected chi connectivity index (χ4v) is 1.77. The topological polar surface area (TPSA) is 167 Å². The van der Waals surface area contributed by atoms with Crippen LogP contribution in [0.3, 0.4) is 0 Å². The van der Waals surface area contributed by atoms with Crippen molar-refractivity contribution in [1.29, 1.82) is 0 Å². The second-order valence-electron chi connectivity index (χ2n) is 3.65. The first-order valence-electron chi connectivity index (χ1n) is 5.23. The van der Waals surface area contributed by atoms with Gasteiger partial charge in [-0.05, 0) is 24.7 Å². The van der Waals surface area contributed by atoms with E-state index in [4.69, 9.17) is 40.9 Å². The lowest BCUT2D eigenvalue weighted by Crippen LogP contribution is -2.25. The molecule has 1 rings (SSSR count). The summed E-state index contributed by atoms with van der Waals surface area (Å²) in [5, 5.41) is 45.0. The highest BCUT2D eigenvalue weighted by Gasteiger charge is 2.23. The van der Waals surface area contributed by atoms with E-state index in [0.29, 0.717) is 11.8 Å². The maximum atomic E-state index is 8.88. The van der Waals surface area contributed by atoms with Gasteiger partial charge < -0.3 is 20.6 Å². The molecule has 0 heterocycles. The molecule has 2 atom stereocenters. The van der Waals surface area contributed by atoms with Crippen LogP contribution in [0.2, 0.25) is 0 Å². The van der Waals surface area contributed by atoms with E-state index in [9.17, 15) is 0 Å². The van der Waals surface area contributed by atoms with Crippen LogP contribution in [0.1, 0.15) is 25.7 Å². The first kappa shape index (κ1) is 18.7. The molecular formula is C8H18N2O8. The predicted octanol–water partition coefficient (Wildman–Crippen LogP) is 0.0820. The Morgan fingerprint density at radius 2 is 1.11 bits per heavy atom. The zero-order chi connectivity index (χ0) is 14.6.